The van der Waals surface area contributed by atoms with Gasteiger partial charge in [-0.05, 0) is 33.6 Å². The molecular formula is C16H25NO6. The molecule has 0 fully saturated rings. The predicted octanol–water partition coefficient (Wildman–Crippen LogP) is 2.54. The van der Waals surface area contributed by atoms with Crippen LogP contribution in [0.25, 0.3) is 0 Å². The third kappa shape index (κ3) is 7.58. The zero-order valence-electron chi connectivity index (χ0n) is 13.9. The number of ether oxygens (including phenoxy) is 1. The van der Waals surface area contributed by atoms with Crippen LogP contribution in [0.4, 0.5) is 0 Å². The Hall–Kier alpha value is -2.18. The predicted molar refractivity (Wildman–Crippen MR) is 82.9 cm³/mol. The number of carbonyl (C=O) groups excluding carboxylic acids is 2. The van der Waals surface area contributed by atoms with Crippen LogP contribution in [0.15, 0.2) is 12.1 Å². The molecule has 23 heavy (non-hydrogen) atoms. The molecule has 0 radical (unpaired) electrons. The quantitative estimate of drug-likeness (QED) is 0.562. The Bertz CT molecular complexity index is 510. The molecule has 0 bridgehead atoms. The fourth-order valence-corrected chi connectivity index (χ4v) is 1.93. The topological polar surface area (TPSA) is 98.0 Å². The van der Waals surface area contributed by atoms with Gasteiger partial charge in [0.15, 0.2) is 0 Å². The van der Waals surface area contributed by atoms with E-state index in [1.165, 1.54) is 12.1 Å². The molecular weight excluding hydrogens is 302 g/mol. The van der Waals surface area contributed by atoms with Crippen LogP contribution in [0.2, 0.25) is 0 Å². The van der Waals surface area contributed by atoms with Gasteiger partial charge in [-0.3, -0.25) is 4.79 Å². The molecule has 0 aliphatic carbocycles. The molecule has 1 rings (SSSR count). The van der Waals surface area contributed by atoms with E-state index in [0.29, 0.717) is 24.0 Å². The largest absolute Gasteiger partial charge is 0.492 e. The third-order valence-corrected chi connectivity index (χ3v) is 2.92. The molecule has 0 unspecified atom stereocenters. The van der Waals surface area contributed by atoms with Crippen LogP contribution in [-0.2, 0) is 14.3 Å². The molecule has 0 aliphatic heterocycles. The first-order valence-corrected chi connectivity index (χ1v) is 7.72. The second-order valence-electron chi connectivity index (χ2n) is 6.31. The monoisotopic (exact) mass is 327 g/mol. The summed E-state index contributed by atoms with van der Waals surface area (Å²) >= 11 is 0. The van der Waals surface area contributed by atoms with Gasteiger partial charge in [0.25, 0.3) is 0 Å². The number of nitrogens with zero attached hydrogens (tertiary/aromatic N) is 1. The second-order valence-corrected chi connectivity index (χ2v) is 6.31. The number of rotatable bonds is 8. The lowest BCUT2D eigenvalue weighted by Crippen LogP contribution is -2.23. The van der Waals surface area contributed by atoms with Gasteiger partial charge in [0.05, 0.1) is 0 Å². The number of hydrogen-bond donors (Lipinski definition) is 2. The van der Waals surface area contributed by atoms with E-state index < -0.39 is 11.6 Å². The molecule has 1 aromatic rings. The Morgan fingerprint density at radius 3 is 1.91 bits per heavy atom. The van der Waals surface area contributed by atoms with Gasteiger partial charge in [-0.2, -0.15) is 0 Å². The van der Waals surface area contributed by atoms with Gasteiger partial charge in [-0.1, -0.05) is 12.8 Å². The van der Waals surface area contributed by atoms with Crippen molar-refractivity contribution in [2.45, 2.75) is 64.9 Å². The van der Waals surface area contributed by atoms with E-state index in [0.717, 1.165) is 12.8 Å². The summed E-state index contributed by atoms with van der Waals surface area (Å²) in [6.45, 7) is 5.49. The van der Waals surface area contributed by atoms with Crippen molar-refractivity contribution in [2.75, 3.05) is 0 Å². The van der Waals surface area contributed by atoms with E-state index in [1.807, 2.05) is 20.8 Å². The lowest BCUT2D eigenvalue weighted by Gasteiger charge is -2.19. The van der Waals surface area contributed by atoms with Crippen LogP contribution in [-0.4, -0.2) is 32.5 Å². The fourth-order valence-electron chi connectivity index (χ4n) is 1.93. The molecule has 7 nitrogen and oxygen atoms in total. The van der Waals surface area contributed by atoms with Gasteiger partial charge in [0.1, 0.15) is 5.60 Å². The highest BCUT2D eigenvalue weighted by Gasteiger charge is 2.15. The summed E-state index contributed by atoms with van der Waals surface area (Å²) in [7, 11) is 0. The Labute approximate surface area is 135 Å². The summed E-state index contributed by atoms with van der Waals surface area (Å²) in [4.78, 5) is 27.9. The number of hydrogen-bond acceptors (Lipinski definition) is 6. The van der Waals surface area contributed by atoms with Crippen molar-refractivity contribution in [1.29, 1.82) is 0 Å². The van der Waals surface area contributed by atoms with Crippen LogP contribution in [0.1, 0.15) is 59.3 Å². The molecule has 0 amide bonds. The first-order chi connectivity index (χ1) is 10.7. The van der Waals surface area contributed by atoms with Crippen molar-refractivity contribution in [1.82, 2.24) is 4.73 Å². The highest BCUT2D eigenvalue weighted by Crippen LogP contribution is 2.19. The number of carbonyl (C=O) groups is 2. The van der Waals surface area contributed by atoms with Crippen LogP contribution in [0.3, 0.4) is 0 Å². The summed E-state index contributed by atoms with van der Waals surface area (Å²) in [5.41, 5.74) is -0.462. The number of unbranched alkanes of at least 4 members (excludes halogenated alkanes) is 3. The zero-order valence-corrected chi connectivity index (χ0v) is 13.9. The van der Waals surface area contributed by atoms with Crippen molar-refractivity contribution >= 4 is 11.9 Å². The molecule has 1 aromatic heterocycles. The minimum atomic E-state index is -0.543. The standard InChI is InChI=1S/C16H25NO6/c1-16(2,3)22-14(20)8-6-4-5-7-9-15(21)23-17-12(18)10-11-13(17)19/h10-11,18-19H,4-9H2,1-3H3. The maximum Gasteiger partial charge on any atom is 0.333 e. The van der Waals surface area contributed by atoms with Gasteiger partial charge in [0.2, 0.25) is 11.8 Å². The first-order valence-electron chi connectivity index (χ1n) is 7.72. The smallest absolute Gasteiger partial charge is 0.333 e. The van der Waals surface area contributed by atoms with E-state index in [2.05, 4.69) is 0 Å². The summed E-state index contributed by atoms with van der Waals surface area (Å²) in [6.07, 6.45) is 3.45. The lowest BCUT2D eigenvalue weighted by molar-refractivity contribution is -0.155. The van der Waals surface area contributed by atoms with Crippen LogP contribution >= 0.6 is 0 Å². The Kier molecular flexibility index (Phi) is 6.93. The zero-order chi connectivity index (χ0) is 17.5. The summed E-state index contributed by atoms with van der Waals surface area (Å²) < 4.78 is 5.87. The molecule has 0 saturated heterocycles. The maximum atomic E-state index is 11.6. The summed E-state index contributed by atoms with van der Waals surface area (Å²) in [6, 6.07) is 2.44. The number of aromatic hydroxyl groups is 2. The Morgan fingerprint density at radius 1 is 0.957 bits per heavy atom. The van der Waals surface area contributed by atoms with Crippen LogP contribution < -0.4 is 4.84 Å². The van der Waals surface area contributed by atoms with Crippen LogP contribution in [0.5, 0.6) is 11.8 Å². The first kappa shape index (κ1) is 18.9. The fraction of sp³-hybridized carbons (Fsp3) is 0.625. The van der Waals surface area contributed by atoms with Gasteiger partial charge >= 0.3 is 11.9 Å². The molecule has 2 N–H and O–H groups in total. The van der Waals surface area contributed by atoms with Crippen molar-refractivity contribution in [3.63, 3.8) is 0 Å². The van der Waals surface area contributed by atoms with E-state index in [9.17, 15) is 19.8 Å². The summed E-state index contributed by atoms with van der Waals surface area (Å²) in [5, 5.41) is 18.7. The van der Waals surface area contributed by atoms with Gasteiger partial charge in [-0.15, -0.1) is 4.73 Å². The summed E-state index contributed by atoms with van der Waals surface area (Å²) in [5.74, 6) is -1.43. The molecule has 0 atom stereocenters. The van der Waals surface area contributed by atoms with Gasteiger partial charge in [-0.25, -0.2) is 4.79 Å². The van der Waals surface area contributed by atoms with E-state index >= 15 is 0 Å². The molecule has 7 heteroatoms. The SMILES string of the molecule is CC(C)(C)OC(=O)CCCCCCC(=O)On1c(O)ccc1O. The molecule has 0 spiro atoms. The molecule has 0 aliphatic rings. The lowest BCUT2D eigenvalue weighted by atomic mass is 10.1. The second kappa shape index (κ2) is 8.45. The number of esters is 1. The molecule has 0 aromatic carbocycles. The van der Waals surface area contributed by atoms with Crippen LogP contribution in [0, 0.1) is 0 Å². The average Bonchev–Trinajstić information content (AvgIpc) is 2.72. The van der Waals surface area contributed by atoms with Crippen molar-refractivity contribution in [2.24, 2.45) is 0 Å². The third-order valence-electron chi connectivity index (χ3n) is 2.92. The average molecular weight is 327 g/mol. The van der Waals surface area contributed by atoms with Crippen molar-refractivity contribution < 1.29 is 29.4 Å². The Balaban J connectivity index is 2.11. The molecule has 1 heterocycles. The van der Waals surface area contributed by atoms with Gasteiger partial charge < -0.3 is 19.8 Å². The Morgan fingerprint density at radius 2 is 1.43 bits per heavy atom. The van der Waals surface area contributed by atoms with E-state index in [1.54, 1.807) is 0 Å². The van der Waals surface area contributed by atoms with Crippen molar-refractivity contribution in [3.05, 3.63) is 12.1 Å². The van der Waals surface area contributed by atoms with Gasteiger partial charge in [0, 0.05) is 25.0 Å². The van der Waals surface area contributed by atoms with E-state index in [-0.39, 0.29) is 24.2 Å². The highest BCUT2D eigenvalue weighted by atomic mass is 16.7. The minimum Gasteiger partial charge on any atom is -0.492 e. The molecule has 0 saturated carbocycles. The normalized spacial score (nSPS) is 11.3. The molecule has 130 valence electrons. The van der Waals surface area contributed by atoms with Crippen molar-refractivity contribution in [3.8, 4) is 11.8 Å². The van der Waals surface area contributed by atoms with E-state index in [4.69, 9.17) is 9.57 Å². The number of aromatic nitrogens is 1. The minimum absolute atomic E-state index is 0.170. The maximum absolute atomic E-state index is 11.6. The highest BCUT2D eigenvalue weighted by molar-refractivity contribution is 5.70.